The van der Waals surface area contributed by atoms with Crippen LogP contribution in [0.5, 0.6) is 5.75 Å². The van der Waals surface area contributed by atoms with E-state index in [0.29, 0.717) is 5.75 Å². The average Bonchev–Trinajstić information content (AvgIpc) is 3.03. The van der Waals surface area contributed by atoms with Gasteiger partial charge in [-0.1, -0.05) is 0 Å². The molecule has 2 aliphatic heterocycles. The van der Waals surface area contributed by atoms with Gasteiger partial charge >= 0.3 is 0 Å². The molecular weight excluding hydrogens is 386 g/mol. The van der Waals surface area contributed by atoms with Gasteiger partial charge in [-0.15, -0.1) is 0 Å². The normalized spacial score (nSPS) is 18.6. The number of sulfonamides is 1. The number of hydrogen-bond donors (Lipinski definition) is 0. The molecular formula is C18H23N3O6S. The lowest BCUT2D eigenvalue weighted by atomic mass is 10.3. The van der Waals surface area contributed by atoms with E-state index in [2.05, 4.69) is 0 Å². The van der Waals surface area contributed by atoms with Gasteiger partial charge in [0, 0.05) is 52.0 Å². The number of imide groups is 1. The molecule has 0 bridgehead atoms. The Morgan fingerprint density at radius 2 is 1.57 bits per heavy atom. The van der Waals surface area contributed by atoms with Gasteiger partial charge in [0.25, 0.3) is 0 Å². The molecule has 2 saturated heterocycles. The fourth-order valence-electron chi connectivity index (χ4n) is 3.31. The first kappa shape index (κ1) is 20.3. The molecule has 3 amide bonds. The molecule has 152 valence electrons. The molecule has 0 radical (unpaired) electrons. The smallest absolute Gasteiger partial charge is 0.243 e. The van der Waals surface area contributed by atoms with Crippen LogP contribution in [0.1, 0.15) is 19.3 Å². The summed E-state index contributed by atoms with van der Waals surface area (Å²) in [6.45, 7) is 1.02. The maximum atomic E-state index is 12.7. The van der Waals surface area contributed by atoms with Crippen LogP contribution in [0.4, 0.5) is 0 Å². The number of carbonyl (C=O) groups excluding carboxylic acids is 3. The molecule has 0 saturated carbocycles. The SMILES string of the molecule is COc1ccc(S(=O)(=O)N2CCN(C(=O)CCN3C(=O)CCC3=O)CC2)cc1. The highest BCUT2D eigenvalue weighted by atomic mass is 32.2. The topological polar surface area (TPSA) is 104 Å². The summed E-state index contributed by atoms with van der Waals surface area (Å²) in [4.78, 5) is 38.4. The number of nitrogens with zero attached hydrogens (tertiary/aromatic N) is 3. The molecule has 9 nitrogen and oxygen atoms in total. The second-order valence-electron chi connectivity index (χ2n) is 6.65. The van der Waals surface area contributed by atoms with Crippen LogP contribution in [0.2, 0.25) is 0 Å². The predicted molar refractivity (Wildman–Crippen MR) is 98.9 cm³/mol. The van der Waals surface area contributed by atoms with Crippen LogP contribution in [0.3, 0.4) is 0 Å². The lowest BCUT2D eigenvalue weighted by molar-refractivity contribution is -0.139. The largest absolute Gasteiger partial charge is 0.497 e. The number of hydrogen-bond acceptors (Lipinski definition) is 6. The molecule has 1 aromatic carbocycles. The van der Waals surface area contributed by atoms with E-state index < -0.39 is 10.0 Å². The molecule has 2 aliphatic rings. The van der Waals surface area contributed by atoms with Crippen molar-refractivity contribution in [2.75, 3.05) is 39.8 Å². The molecule has 2 fully saturated rings. The maximum Gasteiger partial charge on any atom is 0.243 e. The Morgan fingerprint density at radius 3 is 2.11 bits per heavy atom. The van der Waals surface area contributed by atoms with Crippen LogP contribution in [-0.2, 0) is 24.4 Å². The monoisotopic (exact) mass is 409 g/mol. The van der Waals surface area contributed by atoms with Crippen LogP contribution in [0, 0.1) is 0 Å². The van der Waals surface area contributed by atoms with Crippen molar-refractivity contribution in [3.63, 3.8) is 0 Å². The predicted octanol–water partition coefficient (Wildman–Crippen LogP) is 0.0672. The second-order valence-corrected chi connectivity index (χ2v) is 8.59. The van der Waals surface area contributed by atoms with Gasteiger partial charge in [0.05, 0.1) is 12.0 Å². The zero-order valence-corrected chi connectivity index (χ0v) is 16.5. The first-order valence-electron chi connectivity index (χ1n) is 9.08. The quantitative estimate of drug-likeness (QED) is 0.616. The van der Waals surface area contributed by atoms with E-state index in [1.165, 1.54) is 23.5 Å². The lowest BCUT2D eigenvalue weighted by Crippen LogP contribution is -2.51. The van der Waals surface area contributed by atoms with Crippen molar-refractivity contribution >= 4 is 27.7 Å². The van der Waals surface area contributed by atoms with Gasteiger partial charge in [0.15, 0.2) is 0 Å². The standard InChI is InChI=1S/C18H23N3O6S/c1-27-14-2-4-15(5-3-14)28(25,26)20-12-10-19(11-13-20)16(22)8-9-21-17(23)6-7-18(21)24/h2-5H,6-13H2,1H3. The van der Waals surface area contributed by atoms with Crippen LogP contribution in [0.15, 0.2) is 29.2 Å². The molecule has 28 heavy (non-hydrogen) atoms. The minimum Gasteiger partial charge on any atom is -0.497 e. The number of likely N-dealkylation sites (tertiary alicyclic amines) is 1. The summed E-state index contributed by atoms with van der Waals surface area (Å²) in [6, 6.07) is 6.17. The third kappa shape index (κ3) is 4.17. The molecule has 3 rings (SSSR count). The van der Waals surface area contributed by atoms with Crippen molar-refractivity contribution in [1.82, 2.24) is 14.1 Å². The molecule has 0 aliphatic carbocycles. The third-order valence-electron chi connectivity index (χ3n) is 4.99. The molecule has 0 unspecified atom stereocenters. The van der Waals surface area contributed by atoms with Gasteiger partial charge in [-0.25, -0.2) is 8.42 Å². The van der Waals surface area contributed by atoms with Gasteiger partial charge in [-0.2, -0.15) is 4.31 Å². The van der Waals surface area contributed by atoms with Crippen LogP contribution in [0.25, 0.3) is 0 Å². The van der Waals surface area contributed by atoms with Crippen LogP contribution in [-0.4, -0.2) is 80.1 Å². The van der Waals surface area contributed by atoms with Crippen LogP contribution >= 0.6 is 0 Å². The summed E-state index contributed by atoms with van der Waals surface area (Å²) in [6.07, 6.45) is 0.465. The van der Waals surface area contributed by atoms with E-state index in [1.807, 2.05) is 0 Å². The summed E-state index contributed by atoms with van der Waals surface area (Å²) in [7, 11) is -2.12. The van der Waals surface area contributed by atoms with Crippen molar-refractivity contribution < 1.29 is 27.5 Å². The number of ether oxygens (including phenoxy) is 1. The van der Waals surface area contributed by atoms with E-state index in [1.54, 1.807) is 17.0 Å². The van der Waals surface area contributed by atoms with Gasteiger partial charge < -0.3 is 9.64 Å². The van der Waals surface area contributed by atoms with Crippen molar-refractivity contribution in [2.45, 2.75) is 24.2 Å². The molecule has 1 aromatic rings. The second kappa shape index (κ2) is 8.27. The number of amides is 3. The van der Waals surface area contributed by atoms with Crippen molar-refractivity contribution in [1.29, 1.82) is 0 Å². The van der Waals surface area contributed by atoms with E-state index >= 15 is 0 Å². The highest BCUT2D eigenvalue weighted by molar-refractivity contribution is 7.89. The Morgan fingerprint density at radius 1 is 1.00 bits per heavy atom. The number of rotatable bonds is 6. The van der Waals surface area contributed by atoms with E-state index in [-0.39, 0.29) is 74.6 Å². The van der Waals surface area contributed by atoms with E-state index in [4.69, 9.17) is 4.74 Å². The van der Waals surface area contributed by atoms with Gasteiger partial charge in [-0.05, 0) is 24.3 Å². The number of benzene rings is 1. The number of carbonyl (C=O) groups is 3. The maximum absolute atomic E-state index is 12.7. The van der Waals surface area contributed by atoms with E-state index in [0.717, 1.165) is 4.90 Å². The average molecular weight is 409 g/mol. The molecule has 0 spiro atoms. The number of methoxy groups -OCH3 is 1. The Kier molecular flexibility index (Phi) is 5.99. The number of piperazine rings is 1. The van der Waals surface area contributed by atoms with E-state index in [9.17, 15) is 22.8 Å². The minimum atomic E-state index is -3.63. The molecule has 10 heteroatoms. The zero-order chi connectivity index (χ0) is 20.3. The van der Waals surface area contributed by atoms with Gasteiger partial charge in [0.1, 0.15) is 5.75 Å². The highest BCUT2D eigenvalue weighted by Crippen LogP contribution is 2.21. The summed E-state index contributed by atoms with van der Waals surface area (Å²) in [5, 5.41) is 0. The minimum absolute atomic E-state index is 0.0582. The fraction of sp³-hybridized carbons (Fsp3) is 0.500. The summed E-state index contributed by atoms with van der Waals surface area (Å²) >= 11 is 0. The first-order chi connectivity index (χ1) is 13.3. The van der Waals surface area contributed by atoms with Crippen molar-refractivity contribution in [3.05, 3.63) is 24.3 Å². The summed E-state index contributed by atoms with van der Waals surface area (Å²) in [5.74, 6) is -0.0975. The molecule has 0 atom stereocenters. The molecule has 0 aromatic heterocycles. The Hall–Kier alpha value is -2.46. The highest BCUT2D eigenvalue weighted by Gasteiger charge is 2.32. The molecule has 0 N–H and O–H groups in total. The lowest BCUT2D eigenvalue weighted by Gasteiger charge is -2.34. The van der Waals surface area contributed by atoms with Gasteiger partial charge in [-0.3, -0.25) is 19.3 Å². The summed E-state index contributed by atoms with van der Waals surface area (Å²) < 4.78 is 31.9. The fourth-order valence-corrected chi connectivity index (χ4v) is 4.73. The van der Waals surface area contributed by atoms with Crippen molar-refractivity contribution in [2.24, 2.45) is 0 Å². The zero-order valence-electron chi connectivity index (χ0n) is 15.7. The Balaban J connectivity index is 1.53. The Bertz CT molecular complexity index is 844. The molecule has 2 heterocycles. The van der Waals surface area contributed by atoms with Gasteiger partial charge in [0.2, 0.25) is 27.7 Å². The van der Waals surface area contributed by atoms with Crippen LogP contribution < -0.4 is 4.74 Å². The summed E-state index contributed by atoms with van der Waals surface area (Å²) in [5.41, 5.74) is 0. The Labute approximate surface area is 163 Å². The first-order valence-corrected chi connectivity index (χ1v) is 10.5. The third-order valence-corrected chi connectivity index (χ3v) is 6.91. The van der Waals surface area contributed by atoms with Crippen molar-refractivity contribution in [3.8, 4) is 5.75 Å².